The van der Waals surface area contributed by atoms with Gasteiger partial charge in [0.1, 0.15) is 18.4 Å². The number of rotatable bonds is 10. The molecule has 1 unspecified atom stereocenters. The second-order valence-corrected chi connectivity index (χ2v) is 10.7. The average Bonchev–Trinajstić information content (AvgIpc) is 2.87. The Morgan fingerprint density at radius 2 is 1.62 bits per heavy atom. The lowest BCUT2D eigenvalue weighted by atomic mass is 10.1. The van der Waals surface area contributed by atoms with Gasteiger partial charge in [0.25, 0.3) is 10.0 Å². The summed E-state index contributed by atoms with van der Waals surface area (Å²) in [6.07, 6.45) is 0. The molecular formula is C27H29ClFN3O4S. The predicted octanol–water partition coefficient (Wildman–Crippen LogP) is 4.54. The maximum absolute atomic E-state index is 14.5. The van der Waals surface area contributed by atoms with Crippen LogP contribution in [0.4, 0.5) is 10.1 Å². The molecule has 7 nitrogen and oxygen atoms in total. The van der Waals surface area contributed by atoms with Crippen molar-refractivity contribution in [1.29, 1.82) is 0 Å². The van der Waals surface area contributed by atoms with Gasteiger partial charge in [-0.2, -0.15) is 0 Å². The highest BCUT2D eigenvalue weighted by Gasteiger charge is 2.33. The first kappa shape index (κ1) is 28.1. The van der Waals surface area contributed by atoms with Crippen LogP contribution in [0.15, 0.2) is 77.7 Å². The minimum Gasteiger partial charge on any atom is -0.355 e. The van der Waals surface area contributed by atoms with E-state index in [1.807, 2.05) is 6.92 Å². The van der Waals surface area contributed by atoms with Crippen molar-refractivity contribution in [3.63, 3.8) is 0 Å². The Bertz CT molecular complexity index is 1370. The number of nitrogens with zero attached hydrogens (tertiary/aromatic N) is 2. The highest BCUT2D eigenvalue weighted by atomic mass is 35.5. The Balaban J connectivity index is 2.05. The zero-order valence-corrected chi connectivity index (χ0v) is 22.4. The zero-order valence-electron chi connectivity index (χ0n) is 20.8. The first-order valence-corrected chi connectivity index (χ1v) is 13.5. The molecule has 0 aliphatic carbocycles. The minimum absolute atomic E-state index is 0.0248. The topological polar surface area (TPSA) is 86.8 Å². The van der Waals surface area contributed by atoms with Crippen LogP contribution in [0.5, 0.6) is 0 Å². The van der Waals surface area contributed by atoms with Gasteiger partial charge in [0.2, 0.25) is 11.8 Å². The molecule has 3 aromatic rings. The van der Waals surface area contributed by atoms with Crippen LogP contribution in [0.1, 0.15) is 25.0 Å². The lowest BCUT2D eigenvalue weighted by Gasteiger charge is -2.32. The summed E-state index contributed by atoms with van der Waals surface area (Å²) in [5.41, 5.74) is 1.17. The summed E-state index contributed by atoms with van der Waals surface area (Å²) < 4.78 is 42.9. The molecule has 3 rings (SSSR count). The second kappa shape index (κ2) is 12.2. The van der Waals surface area contributed by atoms with Crippen LogP contribution >= 0.6 is 11.6 Å². The van der Waals surface area contributed by atoms with E-state index in [-0.39, 0.29) is 27.7 Å². The fourth-order valence-corrected chi connectivity index (χ4v) is 5.44. The van der Waals surface area contributed by atoms with E-state index in [1.165, 1.54) is 49.4 Å². The number of hydrogen-bond donors (Lipinski definition) is 1. The highest BCUT2D eigenvalue weighted by molar-refractivity contribution is 7.92. The van der Waals surface area contributed by atoms with Crippen molar-refractivity contribution in [1.82, 2.24) is 10.2 Å². The molecule has 0 aliphatic rings. The van der Waals surface area contributed by atoms with Crippen molar-refractivity contribution >= 4 is 39.1 Å². The number of sulfonamides is 1. The van der Waals surface area contributed by atoms with Crippen LogP contribution in [-0.2, 0) is 26.2 Å². The Morgan fingerprint density at radius 3 is 2.24 bits per heavy atom. The smallest absolute Gasteiger partial charge is 0.264 e. The van der Waals surface area contributed by atoms with Gasteiger partial charge in [0, 0.05) is 18.7 Å². The minimum atomic E-state index is -4.23. The third-order valence-corrected chi connectivity index (χ3v) is 7.92. The third-order valence-electron chi connectivity index (χ3n) is 5.83. The molecule has 0 spiro atoms. The van der Waals surface area contributed by atoms with E-state index in [1.54, 1.807) is 37.3 Å². The van der Waals surface area contributed by atoms with E-state index in [9.17, 15) is 22.4 Å². The summed E-state index contributed by atoms with van der Waals surface area (Å²) in [7, 11) is -4.23. The largest absolute Gasteiger partial charge is 0.355 e. The van der Waals surface area contributed by atoms with Crippen LogP contribution in [-0.4, -0.2) is 44.3 Å². The summed E-state index contributed by atoms with van der Waals surface area (Å²) in [6.45, 7) is 4.52. The maximum Gasteiger partial charge on any atom is 0.264 e. The molecule has 0 saturated carbocycles. The first-order valence-electron chi connectivity index (χ1n) is 11.7. The SMILES string of the molecule is CCNC(=O)C(C)N(Cc1ccccc1F)C(=O)CN(c1ccccc1Cl)S(=O)(=O)c1ccc(C)cc1. The molecule has 1 atom stereocenters. The van der Waals surface area contributed by atoms with Gasteiger partial charge in [-0.15, -0.1) is 0 Å². The van der Waals surface area contributed by atoms with E-state index < -0.39 is 40.2 Å². The number of nitrogens with one attached hydrogen (secondary N) is 1. The molecule has 2 amide bonds. The van der Waals surface area contributed by atoms with Crippen molar-refractivity contribution in [2.24, 2.45) is 0 Å². The Morgan fingerprint density at radius 1 is 1.00 bits per heavy atom. The van der Waals surface area contributed by atoms with E-state index in [2.05, 4.69) is 5.32 Å². The monoisotopic (exact) mass is 545 g/mol. The van der Waals surface area contributed by atoms with Crippen LogP contribution in [0.2, 0.25) is 5.02 Å². The summed E-state index contributed by atoms with van der Waals surface area (Å²) in [6, 6.07) is 17.4. The van der Waals surface area contributed by atoms with Crippen molar-refractivity contribution in [3.8, 4) is 0 Å². The predicted molar refractivity (Wildman–Crippen MR) is 142 cm³/mol. The number of hydrogen-bond acceptors (Lipinski definition) is 4. The van der Waals surface area contributed by atoms with Gasteiger partial charge in [-0.25, -0.2) is 12.8 Å². The van der Waals surface area contributed by atoms with Crippen LogP contribution < -0.4 is 9.62 Å². The highest BCUT2D eigenvalue weighted by Crippen LogP contribution is 2.31. The lowest BCUT2D eigenvalue weighted by molar-refractivity contribution is -0.139. The molecule has 3 aromatic carbocycles. The molecule has 0 aliphatic heterocycles. The van der Waals surface area contributed by atoms with Gasteiger partial charge in [-0.3, -0.25) is 13.9 Å². The Hall–Kier alpha value is -3.43. The number of carbonyl (C=O) groups excluding carboxylic acids is 2. The molecule has 0 aromatic heterocycles. The van der Waals surface area contributed by atoms with E-state index in [0.717, 1.165) is 14.8 Å². The molecule has 0 radical (unpaired) electrons. The third kappa shape index (κ3) is 6.67. The number of para-hydroxylation sites is 1. The van der Waals surface area contributed by atoms with E-state index in [4.69, 9.17) is 11.6 Å². The molecule has 37 heavy (non-hydrogen) atoms. The maximum atomic E-state index is 14.5. The van der Waals surface area contributed by atoms with Gasteiger partial charge in [0.15, 0.2) is 0 Å². The normalized spacial score (nSPS) is 12.0. The zero-order chi connectivity index (χ0) is 27.2. The molecule has 0 heterocycles. The molecule has 0 saturated heterocycles. The molecule has 10 heteroatoms. The van der Waals surface area contributed by atoms with Gasteiger partial charge in [-0.05, 0) is 51.1 Å². The summed E-state index contributed by atoms with van der Waals surface area (Å²) >= 11 is 6.36. The van der Waals surface area contributed by atoms with Crippen molar-refractivity contribution < 1.29 is 22.4 Å². The van der Waals surface area contributed by atoms with Gasteiger partial charge in [0.05, 0.1) is 15.6 Å². The molecule has 0 fully saturated rings. The standard InChI is InChI=1S/C27H29ClFN3O4S/c1-4-30-27(34)20(3)31(17-21-9-5-7-11-24(21)29)26(33)18-32(25-12-8-6-10-23(25)28)37(35,36)22-15-13-19(2)14-16-22/h5-16,20H,4,17-18H2,1-3H3,(H,30,34). The number of halogens is 2. The molecule has 196 valence electrons. The fourth-order valence-electron chi connectivity index (χ4n) is 3.72. The molecule has 1 N–H and O–H groups in total. The number of amides is 2. The number of anilines is 1. The fraction of sp³-hybridized carbons (Fsp3) is 0.259. The Labute approximate surface area is 221 Å². The molecule has 0 bridgehead atoms. The van der Waals surface area contributed by atoms with Crippen LogP contribution in [0, 0.1) is 12.7 Å². The van der Waals surface area contributed by atoms with E-state index >= 15 is 0 Å². The number of benzene rings is 3. The number of carbonyl (C=O) groups is 2. The van der Waals surface area contributed by atoms with Crippen molar-refractivity contribution in [2.75, 3.05) is 17.4 Å². The number of likely N-dealkylation sites (N-methyl/N-ethyl adjacent to an activating group) is 1. The van der Waals surface area contributed by atoms with Gasteiger partial charge in [-0.1, -0.05) is 59.6 Å². The number of aryl methyl sites for hydroxylation is 1. The van der Waals surface area contributed by atoms with Gasteiger partial charge >= 0.3 is 0 Å². The summed E-state index contributed by atoms with van der Waals surface area (Å²) in [5, 5.41) is 2.79. The van der Waals surface area contributed by atoms with Crippen LogP contribution in [0.25, 0.3) is 0 Å². The second-order valence-electron chi connectivity index (χ2n) is 8.46. The average molecular weight is 546 g/mol. The quantitative estimate of drug-likeness (QED) is 0.405. The lowest BCUT2D eigenvalue weighted by Crippen LogP contribution is -2.51. The molecular weight excluding hydrogens is 517 g/mol. The van der Waals surface area contributed by atoms with Gasteiger partial charge < -0.3 is 10.2 Å². The summed E-state index contributed by atoms with van der Waals surface area (Å²) in [5.74, 6) is -1.69. The van der Waals surface area contributed by atoms with Crippen LogP contribution in [0.3, 0.4) is 0 Å². The Kier molecular flexibility index (Phi) is 9.29. The first-order chi connectivity index (χ1) is 17.6. The van der Waals surface area contributed by atoms with E-state index in [0.29, 0.717) is 6.54 Å². The van der Waals surface area contributed by atoms with Crippen molar-refractivity contribution in [2.45, 2.75) is 38.3 Å². The summed E-state index contributed by atoms with van der Waals surface area (Å²) in [4.78, 5) is 27.5. The van der Waals surface area contributed by atoms with Crippen molar-refractivity contribution in [3.05, 3.63) is 94.8 Å².